The third-order valence-electron chi connectivity index (χ3n) is 4.67. The van der Waals surface area contributed by atoms with Crippen LogP contribution in [-0.4, -0.2) is 25.3 Å². The van der Waals surface area contributed by atoms with Crippen molar-refractivity contribution in [2.24, 2.45) is 0 Å². The lowest BCUT2D eigenvalue weighted by atomic mass is 9.68. The summed E-state index contributed by atoms with van der Waals surface area (Å²) in [5, 5.41) is 10.3. The summed E-state index contributed by atoms with van der Waals surface area (Å²) < 4.78 is 10.9. The van der Waals surface area contributed by atoms with E-state index in [0.717, 1.165) is 31.2 Å². The van der Waals surface area contributed by atoms with Gasteiger partial charge in [-0.25, -0.2) is 0 Å². The van der Waals surface area contributed by atoms with E-state index < -0.39 is 11.4 Å². The van der Waals surface area contributed by atoms with Crippen molar-refractivity contribution in [3.05, 3.63) is 22.2 Å². The Morgan fingerprint density at radius 2 is 1.82 bits per heavy atom. The third-order valence-corrected chi connectivity index (χ3v) is 5.02. The standard InChI is InChI=1S/C17H23ClO4/c1-4-11-10-12(15(22-3)13(18)14(11)21-2)17(16(19)20)8-6-5-7-9-17/h10H,4-9H2,1-3H3,(H,19,20). The number of halogens is 1. The molecule has 0 aromatic heterocycles. The molecular weight excluding hydrogens is 304 g/mol. The molecule has 1 N–H and O–H groups in total. The van der Waals surface area contributed by atoms with Crippen LogP contribution in [-0.2, 0) is 16.6 Å². The van der Waals surface area contributed by atoms with E-state index in [-0.39, 0.29) is 0 Å². The molecule has 22 heavy (non-hydrogen) atoms. The molecule has 0 bridgehead atoms. The number of hydrogen-bond acceptors (Lipinski definition) is 3. The Hall–Kier alpha value is -1.42. The highest BCUT2D eigenvalue weighted by Gasteiger charge is 2.44. The first-order valence-corrected chi connectivity index (χ1v) is 8.06. The summed E-state index contributed by atoms with van der Waals surface area (Å²) in [6, 6.07) is 1.91. The van der Waals surface area contributed by atoms with Crippen molar-refractivity contribution in [3.8, 4) is 11.5 Å². The number of aliphatic carboxylic acids is 1. The van der Waals surface area contributed by atoms with Crippen LogP contribution in [0.4, 0.5) is 0 Å². The molecule has 0 saturated heterocycles. The second kappa shape index (κ2) is 6.78. The van der Waals surface area contributed by atoms with Crippen LogP contribution >= 0.6 is 11.6 Å². The zero-order valence-corrected chi connectivity index (χ0v) is 14.1. The molecule has 1 aliphatic carbocycles. The van der Waals surface area contributed by atoms with E-state index in [9.17, 15) is 9.90 Å². The fourth-order valence-corrected chi connectivity index (χ4v) is 3.84. The minimum atomic E-state index is -0.913. The Bertz CT molecular complexity index is 562. The fraction of sp³-hybridized carbons (Fsp3) is 0.588. The number of ether oxygens (including phenoxy) is 2. The minimum Gasteiger partial charge on any atom is -0.495 e. The van der Waals surface area contributed by atoms with Crippen molar-refractivity contribution in [3.63, 3.8) is 0 Å². The van der Waals surface area contributed by atoms with Crippen LogP contribution in [0.25, 0.3) is 0 Å². The fourth-order valence-electron chi connectivity index (χ4n) is 3.46. The van der Waals surface area contributed by atoms with E-state index in [2.05, 4.69) is 0 Å². The average Bonchev–Trinajstić information content (AvgIpc) is 2.54. The summed E-state index contributed by atoms with van der Waals surface area (Å²) in [5.74, 6) is 0.204. The SMILES string of the molecule is CCc1cc(C2(C(=O)O)CCCCC2)c(OC)c(Cl)c1OC. The molecule has 5 heteroatoms. The van der Waals surface area contributed by atoms with Crippen molar-refractivity contribution >= 4 is 17.6 Å². The van der Waals surface area contributed by atoms with E-state index in [1.165, 1.54) is 7.11 Å². The summed E-state index contributed by atoms with van der Waals surface area (Å²) in [4.78, 5) is 12.1. The normalized spacial score (nSPS) is 17.1. The number of carboxylic acid groups (broad SMARTS) is 1. The summed E-state index contributed by atoms with van der Waals surface area (Å²) in [6.07, 6.45) is 4.83. The van der Waals surface area contributed by atoms with Crippen molar-refractivity contribution < 1.29 is 19.4 Å². The number of benzene rings is 1. The van der Waals surface area contributed by atoms with E-state index in [1.807, 2.05) is 13.0 Å². The lowest BCUT2D eigenvalue weighted by molar-refractivity contribution is -0.145. The molecule has 0 heterocycles. The second-order valence-corrected chi connectivity index (χ2v) is 6.14. The minimum absolute atomic E-state index is 0.366. The second-order valence-electron chi connectivity index (χ2n) is 5.77. The predicted molar refractivity (Wildman–Crippen MR) is 86.3 cm³/mol. The van der Waals surface area contributed by atoms with Gasteiger partial charge in [0.05, 0.1) is 19.6 Å². The highest BCUT2D eigenvalue weighted by atomic mass is 35.5. The first kappa shape index (κ1) is 16.9. The highest BCUT2D eigenvalue weighted by Crippen LogP contribution is 2.49. The first-order chi connectivity index (χ1) is 10.5. The summed E-state index contributed by atoms with van der Waals surface area (Å²) in [5.41, 5.74) is 0.683. The predicted octanol–water partition coefficient (Wildman–Crippen LogP) is 4.21. The largest absolute Gasteiger partial charge is 0.495 e. The molecule has 2 rings (SSSR count). The Morgan fingerprint density at radius 1 is 1.23 bits per heavy atom. The van der Waals surface area contributed by atoms with Crippen molar-refractivity contribution in [2.45, 2.75) is 50.9 Å². The van der Waals surface area contributed by atoms with Gasteiger partial charge in [0.2, 0.25) is 0 Å². The smallest absolute Gasteiger partial charge is 0.314 e. The molecule has 1 aliphatic rings. The molecular formula is C17H23ClO4. The van der Waals surface area contributed by atoms with Crippen LogP contribution in [0, 0.1) is 0 Å². The van der Waals surface area contributed by atoms with Gasteiger partial charge in [-0.15, -0.1) is 0 Å². The quantitative estimate of drug-likeness (QED) is 0.880. The van der Waals surface area contributed by atoms with Gasteiger partial charge in [0, 0.05) is 5.56 Å². The van der Waals surface area contributed by atoms with Crippen LogP contribution < -0.4 is 9.47 Å². The van der Waals surface area contributed by atoms with Crippen molar-refractivity contribution in [2.75, 3.05) is 14.2 Å². The van der Waals surface area contributed by atoms with Crippen LogP contribution in [0.3, 0.4) is 0 Å². The maximum atomic E-state index is 12.1. The van der Waals surface area contributed by atoms with Gasteiger partial charge in [0.15, 0.2) is 0 Å². The molecule has 0 radical (unpaired) electrons. The molecule has 1 aromatic carbocycles. The number of methoxy groups -OCH3 is 2. The Morgan fingerprint density at radius 3 is 2.27 bits per heavy atom. The third kappa shape index (κ3) is 2.65. The van der Waals surface area contributed by atoms with Crippen LogP contribution in [0.5, 0.6) is 11.5 Å². The van der Waals surface area contributed by atoms with Gasteiger partial charge in [0.25, 0.3) is 0 Å². The maximum absolute atomic E-state index is 12.1. The molecule has 1 saturated carbocycles. The summed E-state index contributed by atoms with van der Waals surface area (Å²) in [7, 11) is 3.08. The molecule has 1 fully saturated rings. The first-order valence-electron chi connectivity index (χ1n) is 7.69. The Labute approximate surface area is 136 Å². The molecule has 0 atom stereocenters. The lowest BCUT2D eigenvalue weighted by Gasteiger charge is -2.35. The number of rotatable bonds is 5. The summed E-state index contributed by atoms with van der Waals surface area (Å²) >= 11 is 6.44. The van der Waals surface area contributed by atoms with Gasteiger partial charge in [0.1, 0.15) is 16.5 Å². The van der Waals surface area contributed by atoms with E-state index in [4.69, 9.17) is 21.1 Å². The van der Waals surface area contributed by atoms with Crippen LogP contribution in [0.1, 0.15) is 50.2 Å². The molecule has 1 aromatic rings. The van der Waals surface area contributed by atoms with Gasteiger partial charge in [-0.05, 0) is 30.9 Å². The van der Waals surface area contributed by atoms with Crippen LogP contribution in [0.2, 0.25) is 5.02 Å². The molecule has 0 amide bonds. The zero-order valence-electron chi connectivity index (χ0n) is 13.4. The van der Waals surface area contributed by atoms with E-state index >= 15 is 0 Å². The van der Waals surface area contributed by atoms with Crippen LogP contribution in [0.15, 0.2) is 6.07 Å². The average molecular weight is 327 g/mol. The number of carboxylic acids is 1. The Balaban J connectivity index is 2.71. The number of hydrogen-bond donors (Lipinski definition) is 1. The molecule has 0 unspecified atom stereocenters. The molecule has 0 aliphatic heterocycles. The maximum Gasteiger partial charge on any atom is 0.314 e. The number of aryl methyl sites for hydroxylation is 1. The Kier molecular flexibility index (Phi) is 5.22. The molecule has 4 nitrogen and oxygen atoms in total. The number of carbonyl (C=O) groups is 1. The topological polar surface area (TPSA) is 55.8 Å². The van der Waals surface area contributed by atoms with Crippen molar-refractivity contribution in [1.82, 2.24) is 0 Å². The van der Waals surface area contributed by atoms with Gasteiger partial charge in [-0.2, -0.15) is 0 Å². The monoisotopic (exact) mass is 326 g/mol. The van der Waals surface area contributed by atoms with Crippen molar-refractivity contribution in [1.29, 1.82) is 0 Å². The van der Waals surface area contributed by atoms with Gasteiger partial charge in [-0.3, -0.25) is 4.79 Å². The van der Waals surface area contributed by atoms with Gasteiger partial charge >= 0.3 is 5.97 Å². The van der Waals surface area contributed by atoms with Gasteiger partial charge in [-0.1, -0.05) is 37.8 Å². The highest BCUT2D eigenvalue weighted by molar-refractivity contribution is 6.34. The van der Waals surface area contributed by atoms with E-state index in [1.54, 1.807) is 7.11 Å². The van der Waals surface area contributed by atoms with Gasteiger partial charge < -0.3 is 14.6 Å². The molecule has 0 spiro atoms. The summed E-state index contributed by atoms with van der Waals surface area (Å²) in [6.45, 7) is 2.00. The molecule has 122 valence electrons. The lowest BCUT2D eigenvalue weighted by Crippen LogP contribution is -2.38. The van der Waals surface area contributed by atoms with E-state index in [0.29, 0.717) is 34.9 Å². The zero-order chi connectivity index (χ0) is 16.3.